The van der Waals surface area contributed by atoms with Gasteiger partial charge in [0.15, 0.2) is 0 Å². The van der Waals surface area contributed by atoms with Crippen molar-refractivity contribution >= 4 is 32.8 Å². The van der Waals surface area contributed by atoms with E-state index < -0.39 is 0 Å². The molecule has 2 rings (SSSR count). The van der Waals surface area contributed by atoms with Crippen molar-refractivity contribution in [3.63, 3.8) is 0 Å². The summed E-state index contributed by atoms with van der Waals surface area (Å²) in [7, 11) is 0. The molecule has 0 amide bonds. The fraction of sp³-hybridized carbons (Fsp3) is 0.385. The number of anilines is 1. The van der Waals surface area contributed by atoms with Crippen LogP contribution in [0, 0.1) is 5.41 Å². The number of hydrogen-bond donors (Lipinski definition) is 1. The van der Waals surface area contributed by atoms with E-state index in [0.29, 0.717) is 5.95 Å². The van der Waals surface area contributed by atoms with E-state index in [4.69, 9.17) is 0 Å². The van der Waals surface area contributed by atoms with Gasteiger partial charge < -0.3 is 5.32 Å². The molecule has 4 heteroatoms. The Hall–Kier alpha value is -1.16. The van der Waals surface area contributed by atoms with Crippen LogP contribution in [0.5, 0.6) is 0 Å². The van der Waals surface area contributed by atoms with Crippen molar-refractivity contribution in [3.8, 4) is 0 Å². The Bertz CT molecular complexity index is 532. The van der Waals surface area contributed by atoms with Gasteiger partial charge in [-0.25, -0.2) is 9.97 Å². The second-order valence-corrected chi connectivity index (χ2v) is 6.23. The Balaban J connectivity index is 2.23. The lowest BCUT2D eigenvalue weighted by molar-refractivity contribution is 0.442. The highest BCUT2D eigenvalue weighted by Gasteiger charge is 2.10. The molecular formula is C13H16BrN3. The zero-order valence-electron chi connectivity index (χ0n) is 10.3. The van der Waals surface area contributed by atoms with Crippen LogP contribution in [-0.4, -0.2) is 16.5 Å². The quantitative estimate of drug-likeness (QED) is 0.914. The third-order valence-corrected chi connectivity index (χ3v) is 2.81. The largest absolute Gasteiger partial charge is 0.354 e. The number of fused-ring (bicyclic) bond motifs is 1. The predicted molar refractivity (Wildman–Crippen MR) is 75.2 cm³/mol. The monoisotopic (exact) mass is 293 g/mol. The molecule has 90 valence electrons. The molecule has 0 saturated heterocycles. The van der Waals surface area contributed by atoms with Crippen molar-refractivity contribution in [2.24, 2.45) is 5.41 Å². The lowest BCUT2D eigenvalue weighted by atomic mass is 9.97. The van der Waals surface area contributed by atoms with Crippen molar-refractivity contribution in [1.29, 1.82) is 0 Å². The number of halogens is 1. The fourth-order valence-corrected chi connectivity index (χ4v) is 1.81. The lowest BCUT2D eigenvalue weighted by Gasteiger charge is -2.18. The highest BCUT2D eigenvalue weighted by molar-refractivity contribution is 9.10. The van der Waals surface area contributed by atoms with Gasteiger partial charge in [-0.05, 0) is 23.6 Å². The minimum Gasteiger partial charge on any atom is -0.354 e. The van der Waals surface area contributed by atoms with Crippen LogP contribution >= 0.6 is 15.9 Å². The lowest BCUT2D eigenvalue weighted by Crippen LogP contribution is -2.20. The van der Waals surface area contributed by atoms with Gasteiger partial charge in [0.2, 0.25) is 5.95 Å². The zero-order chi connectivity index (χ0) is 12.5. The van der Waals surface area contributed by atoms with Crippen molar-refractivity contribution in [3.05, 3.63) is 28.9 Å². The first-order valence-electron chi connectivity index (χ1n) is 5.60. The van der Waals surface area contributed by atoms with Crippen LogP contribution in [0.2, 0.25) is 0 Å². The van der Waals surface area contributed by atoms with E-state index in [0.717, 1.165) is 21.9 Å². The molecule has 0 unspecified atom stereocenters. The minimum absolute atomic E-state index is 0.220. The molecular weight excluding hydrogens is 278 g/mol. The maximum Gasteiger partial charge on any atom is 0.223 e. The number of hydrogen-bond acceptors (Lipinski definition) is 3. The second kappa shape index (κ2) is 4.61. The van der Waals surface area contributed by atoms with Crippen LogP contribution in [-0.2, 0) is 0 Å². The minimum atomic E-state index is 0.220. The average Bonchev–Trinajstić information content (AvgIpc) is 2.25. The first-order chi connectivity index (χ1) is 7.94. The topological polar surface area (TPSA) is 37.8 Å². The highest BCUT2D eigenvalue weighted by Crippen LogP contribution is 2.19. The van der Waals surface area contributed by atoms with Crippen molar-refractivity contribution in [2.45, 2.75) is 20.8 Å². The maximum absolute atomic E-state index is 4.48. The fourth-order valence-electron chi connectivity index (χ4n) is 1.43. The van der Waals surface area contributed by atoms with Crippen LogP contribution in [0.4, 0.5) is 5.95 Å². The summed E-state index contributed by atoms with van der Waals surface area (Å²) in [4.78, 5) is 8.78. The van der Waals surface area contributed by atoms with Gasteiger partial charge in [0.05, 0.1) is 5.52 Å². The summed E-state index contributed by atoms with van der Waals surface area (Å²) >= 11 is 3.44. The number of benzene rings is 1. The Kier molecular flexibility index (Phi) is 3.33. The predicted octanol–water partition coefficient (Wildman–Crippen LogP) is 3.85. The van der Waals surface area contributed by atoms with Crippen LogP contribution in [0.3, 0.4) is 0 Å². The van der Waals surface area contributed by atoms with Crippen LogP contribution in [0.25, 0.3) is 10.9 Å². The molecule has 1 aromatic carbocycles. The molecule has 1 aromatic heterocycles. The second-order valence-electron chi connectivity index (χ2n) is 5.31. The van der Waals surface area contributed by atoms with Crippen molar-refractivity contribution in [2.75, 3.05) is 11.9 Å². The molecule has 0 spiro atoms. The van der Waals surface area contributed by atoms with Gasteiger partial charge >= 0.3 is 0 Å². The van der Waals surface area contributed by atoms with E-state index in [1.165, 1.54) is 0 Å². The molecule has 0 aliphatic heterocycles. The van der Waals surface area contributed by atoms with Gasteiger partial charge in [-0.1, -0.05) is 36.7 Å². The molecule has 3 nitrogen and oxygen atoms in total. The van der Waals surface area contributed by atoms with Crippen molar-refractivity contribution in [1.82, 2.24) is 9.97 Å². The van der Waals surface area contributed by atoms with Gasteiger partial charge in [-0.2, -0.15) is 0 Å². The molecule has 1 N–H and O–H groups in total. The summed E-state index contributed by atoms with van der Waals surface area (Å²) in [6, 6.07) is 6.00. The summed E-state index contributed by atoms with van der Waals surface area (Å²) in [6.07, 6.45) is 1.85. The molecule has 0 aliphatic carbocycles. The van der Waals surface area contributed by atoms with E-state index in [9.17, 15) is 0 Å². The zero-order valence-corrected chi connectivity index (χ0v) is 11.9. The summed E-state index contributed by atoms with van der Waals surface area (Å²) in [6.45, 7) is 7.39. The molecule has 0 atom stereocenters. The van der Waals surface area contributed by atoms with Crippen LogP contribution in [0.1, 0.15) is 20.8 Å². The molecule has 2 aromatic rings. The van der Waals surface area contributed by atoms with Gasteiger partial charge in [-0.3, -0.25) is 0 Å². The van der Waals surface area contributed by atoms with E-state index in [1.807, 2.05) is 24.4 Å². The molecule has 1 heterocycles. The van der Waals surface area contributed by atoms with Crippen LogP contribution in [0.15, 0.2) is 28.9 Å². The Labute approximate surface area is 110 Å². The molecule has 0 fully saturated rings. The number of aromatic nitrogens is 2. The summed E-state index contributed by atoms with van der Waals surface area (Å²) < 4.78 is 1.05. The number of nitrogens with one attached hydrogen (secondary N) is 1. The van der Waals surface area contributed by atoms with E-state index >= 15 is 0 Å². The standard InChI is InChI=1S/C13H16BrN3/c1-13(2,3)8-16-12-15-7-9-6-10(14)4-5-11(9)17-12/h4-7H,8H2,1-3H3,(H,15,16,17). The Morgan fingerprint density at radius 3 is 2.76 bits per heavy atom. The first kappa shape index (κ1) is 12.3. The normalized spacial score (nSPS) is 11.8. The van der Waals surface area contributed by atoms with Gasteiger partial charge in [0, 0.05) is 22.6 Å². The van der Waals surface area contributed by atoms with E-state index in [1.54, 1.807) is 0 Å². The first-order valence-corrected chi connectivity index (χ1v) is 6.39. The molecule has 0 radical (unpaired) electrons. The smallest absolute Gasteiger partial charge is 0.223 e. The molecule has 0 bridgehead atoms. The van der Waals surface area contributed by atoms with Gasteiger partial charge in [0.1, 0.15) is 0 Å². The SMILES string of the molecule is CC(C)(C)CNc1ncc2cc(Br)ccc2n1. The number of rotatable bonds is 2. The third-order valence-electron chi connectivity index (χ3n) is 2.32. The third kappa shape index (κ3) is 3.40. The summed E-state index contributed by atoms with van der Waals surface area (Å²) in [5.74, 6) is 0.690. The Morgan fingerprint density at radius 2 is 2.06 bits per heavy atom. The van der Waals surface area contributed by atoms with E-state index in [2.05, 4.69) is 52.0 Å². The molecule has 0 saturated carbocycles. The molecule has 0 aliphatic rings. The average molecular weight is 294 g/mol. The summed E-state index contributed by atoms with van der Waals surface area (Å²) in [5.41, 5.74) is 1.18. The highest BCUT2D eigenvalue weighted by atomic mass is 79.9. The molecule has 17 heavy (non-hydrogen) atoms. The van der Waals surface area contributed by atoms with Gasteiger partial charge in [0.25, 0.3) is 0 Å². The van der Waals surface area contributed by atoms with Crippen molar-refractivity contribution < 1.29 is 0 Å². The van der Waals surface area contributed by atoms with Crippen LogP contribution < -0.4 is 5.32 Å². The van der Waals surface area contributed by atoms with Gasteiger partial charge in [-0.15, -0.1) is 0 Å². The van der Waals surface area contributed by atoms with E-state index in [-0.39, 0.29) is 5.41 Å². The Morgan fingerprint density at radius 1 is 1.29 bits per heavy atom. The summed E-state index contributed by atoms with van der Waals surface area (Å²) in [5, 5.41) is 4.30. The maximum atomic E-state index is 4.48. The number of nitrogens with zero attached hydrogens (tertiary/aromatic N) is 2.